The Balaban J connectivity index is 1.29. The lowest BCUT2D eigenvalue weighted by molar-refractivity contribution is -0.282. The molecule has 0 bridgehead atoms. The van der Waals surface area contributed by atoms with Crippen LogP contribution in [0.2, 0.25) is 0 Å². The Kier molecular flexibility index (Phi) is 50.8. The molecule has 0 saturated carbocycles. The highest BCUT2D eigenvalue weighted by Crippen LogP contribution is 2.49. The van der Waals surface area contributed by atoms with Crippen LogP contribution in [0.15, 0.2) is 0 Å². The molecule has 0 aliphatic carbocycles. The number of rotatable bonds is 70. The van der Waals surface area contributed by atoms with Gasteiger partial charge in [-0.05, 0) is 304 Å². The topological polar surface area (TPSA) is 208 Å². The Labute approximate surface area is 876 Å². The zero-order valence-electron chi connectivity index (χ0n) is 98.6. The first kappa shape index (κ1) is 123. The summed E-state index contributed by atoms with van der Waals surface area (Å²) in [5.41, 5.74) is -2.56. The minimum Gasteiger partial charge on any atom is -0.341 e. The number of hydroxylamine groups is 10. The molecule has 28 heteroatoms. The summed E-state index contributed by atoms with van der Waals surface area (Å²) >= 11 is 0. The normalized spacial score (nSPS) is 20.0. The van der Waals surface area contributed by atoms with Gasteiger partial charge in [0.1, 0.15) is 0 Å². The van der Waals surface area contributed by atoms with Crippen molar-refractivity contribution in [2.75, 3.05) is 169 Å². The van der Waals surface area contributed by atoms with Crippen LogP contribution < -0.4 is 44.1 Å². The molecule has 8 rings (SSSR count). The molecule has 3 aromatic heterocycles. The van der Waals surface area contributed by atoms with Crippen molar-refractivity contribution in [3.63, 3.8) is 0 Å². The van der Waals surface area contributed by atoms with Crippen molar-refractivity contribution in [1.29, 1.82) is 0 Å². The fraction of sp³-hybridized carbons (Fsp3) is 0.922. The van der Waals surface area contributed by atoms with E-state index in [1.165, 1.54) is 0 Å². The van der Waals surface area contributed by atoms with E-state index in [-0.39, 0.29) is 80.1 Å². The Hall–Kier alpha value is -5.17. The van der Waals surface area contributed by atoms with Gasteiger partial charge in [-0.1, -0.05) is 180 Å². The fourth-order valence-electron chi connectivity index (χ4n) is 24.6. The lowest BCUT2D eigenvalue weighted by atomic mass is 9.78. The average molecular weight is 2010 g/mol. The van der Waals surface area contributed by atoms with Crippen LogP contribution in [-0.2, 0) is 24.2 Å². The third-order valence-electron chi connectivity index (χ3n) is 31.0. The van der Waals surface area contributed by atoms with Crippen LogP contribution in [0.3, 0.4) is 0 Å². The molecule has 826 valence electrons. The fourth-order valence-corrected chi connectivity index (χ4v) is 24.6. The summed E-state index contributed by atoms with van der Waals surface area (Å²) in [5.74, 6) is 7.36. The van der Waals surface area contributed by atoms with Crippen LogP contribution in [0.1, 0.15) is 485 Å². The Morgan fingerprint density at radius 3 is 0.559 bits per heavy atom. The zero-order valence-corrected chi connectivity index (χ0v) is 98.6. The number of aromatic nitrogens is 9. The van der Waals surface area contributed by atoms with E-state index in [4.69, 9.17) is 69.0 Å². The zero-order chi connectivity index (χ0) is 105. The molecular formula is C115H221N23O5. The van der Waals surface area contributed by atoms with Crippen LogP contribution in [0.5, 0.6) is 0 Å². The van der Waals surface area contributed by atoms with E-state index < -0.39 is 0 Å². The van der Waals surface area contributed by atoms with E-state index in [0.29, 0.717) is 33.0 Å². The summed E-state index contributed by atoms with van der Waals surface area (Å²) in [6.45, 7) is 90.9. The first-order chi connectivity index (χ1) is 68.0. The molecule has 0 aromatic carbocycles. The number of hydrogen-bond donors (Lipinski definition) is 0. The minimum atomic E-state index is -0.330. The predicted octanol–water partition coefficient (Wildman–Crippen LogP) is 26.3. The number of anilines is 9. The first-order valence-electron chi connectivity index (χ1n) is 59.3. The molecular weight excluding hydrogens is 1780 g/mol. The second kappa shape index (κ2) is 59.0. The summed E-state index contributed by atoms with van der Waals surface area (Å²) in [6.07, 6.45) is 41.3. The molecule has 28 nitrogen and oxygen atoms in total. The van der Waals surface area contributed by atoms with Crippen molar-refractivity contribution in [2.45, 2.75) is 565 Å². The second-order valence-electron chi connectivity index (χ2n) is 49.3. The SMILES string of the molecule is CCCCN(CCCC)c1nc(N(CCCC)CCCC)nc(N(CCCCCCN(c2nc(N(CCCC)C3CC(C)(C)N(OCCC)C(C)(C)C3)nc(N(CCCCCCN(c3nc(N(CCCC)CCCC)nc(N(CCCC)CCCC)n3)C3CC(C)(C)N(OCCC)C(C)(C)C3)C3CC(C)(C)N(OCCC)C(C)(C)C3)n2)C2CCN(OCCC)C(C)(C)C2)C2CC(C)(C)N(OCCC)C(C)(C)C2)n1. The van der Waals surface area contributed by atoms with Gasteiger partial charge in [0.2, 0.25) is 53.5 Å². The summed E-state index contributed by atoms with van der Waals surface area (Å²) in [6, 6.07) is 0.595. The minimum absolute atomic E-state index is 0.0679. The van der Waals surface area contributed by atoms with Crippen molar-refractivity contribution >= 4 is 53.5 Å². The monoisotopic (exact) mass is 2000 g/mol. The molecule has 5 saturated heterocycles. The number of piperidine rings is 5. The average Bonchev–Trinajstić information content (AvgIpc) is 0.757. The molecule has 0 radical (unpaired) electrons. The molecule has 1 unspecified atom stereocenters. The number of unbranched alkanes of at least 4 members (excludes halogenated alkanes) is 15. The Bertz CT molecular complexity index is 3840. The standard InChI is InChI=1S/C115H221N23O5/c1-33-47-65-125(66-48-34-2)98-116-99(126(67-49-35-3)68-50-36-4)119-102(118-98)131(95-87-110(21,22)136(141-81-44-12)111(23,24)88-95)75-61-57-56-60-74-129(93-64-78-134(139-79-42-10)107(15,16)84-93)104-122-105(130(73-55-41-9)94-85-108(17,18)135(140-80-43-11)109(19,20)86-94)124-106(123-104)133(97-91-114(29,30)138(143-83-46-14)115(31,32)92-97)77-63-59-58-62-76-132(96-89-112(25,26)137(142-82-45-13)113(27,28)90-96)103-120-100(127(69-51-37-5)70-52-38-6)117-101(121-103)128(71-53-39-7)72-54-40-8/h93-97H,33-92H2,1-32H3. The van der Waals surface area contributed by atoms with Crippen molar-refractivity contribution in [2.24, 2.45) is 0 Å². The Morgan fingerprint density at radius 2 is 0.364 bits per heavy atom. The molecule has 5 fully saturated rings. The van der Waals surface area contributed by atoms with Crippen molar-refractivity contribution < 1.29 is 24.2 Å². The van der Waals surface area contributed by atoms with Crippen LogP contribution >= 0.6 is 0 Å². The van der Waals surface area contributed by atoms with Crippen molar-refractivity contribution in [3.05, 3.63) is 0 Å². The van der Waals surface area contributed by atoms with Gasteiger partial charge in [-0.15, -0.1) is 0 Å². The van der Waals surface area contributed by atoms with Crippen LogP contribution in [0, 0.1) is 0 Å². The van der Waals surface area contributed by atoms with Gasteiger partial charge in [-0.25, -0.2) is 0 Å². The van der Waals surface area contributed by atoms with E-state index in [2.05, 4.69) is 291 Å². The maximum Gasteiger partial charge on any atom is 0.232 e. The van der Waals surface area contributed by atoms with E-state index >= 15 is 0 Å². The third-order valence-corrected chi connectivity index (χ3v) is 31.0. The number of hydrogen-bond acceptors (Lipinski definition) is 28. The van der Waals surface area contributed by atoms with Crippen LogP contribution in [0.25, 0.3) is 0 Å². The highest BCUT2D eigenvalue weighted by molar-refractivity contribution is 5.52. The largest absolute Gasteiger partial charge is 0.341 e. The predicted molar refractivity (Wildman–Crippen MR) is 603 cm³/mol. The quantitative estimate of drug-likeness (QED) is 0.0481. The summed E-state index contributed by atoms with van der Waals surface area (Å²) in [5, 5.41) is 11.7. The van der Waals surface area contributed by atoms with Gasteiger partial charge < -0.3 is 44.1 Å². The molecule has 8 heterocycles. The van der Waals surface area contributed by atoms with Gasteiger partial charge in [0, 0.05) is 172 Å². The maximum atomic E-state index is 6.94. The second-order valence-corrected chi connectivity index (χ2v) is 49.3. The summed E-state index contributed by atoms with van der Waals surface area (Å²) in [7, 11) is 0. The third kappa shape index (κ3) is 35.5. The van der Waals surface area contributed by atoms with Gasteiger partial charge >= 0.3 is 0 Å². The van der Waals surface area contributed by atoms with Gasteiger partial charge in [-0.3, -0.25) is 24.2 Å². The lowest BCUT2D eigenvalue weighted by Gasteiger charge is -2.56. The van der Waals surface area contributed by atoms with Crippen LogP contribution in [0.4, 0.5) is 53.5 Å². The highest BCUT2D eigenvalue weighted by Gasteiger charge is 2.54. The van der Waals surface area contributed by atoms with Gasteiger partial charge in [0.25, 0.3) is 0 Å². The van der Waals surface area contributed by atoms with Crippen LogP contribution in [-0.4, -0.2) is 275 Å². The molecule has 5 aliphatic rings. The van der Waals surface area contributed by atoms with E-state index in [0.717, 1.165) is 408 Å². The van der Waals surface area contributed by atoms with Gasteiger partial charge in [0.05, 0.1) is 33.0 Å². The highest BCUT2D eigenvalue weighted by atomic mass is 16.7. The molecule has 143 heavy (non-hydrogen) atoms. The molecule has 5 aliphatic heterocycles. The maximum absolute atomic E-state index is 6.94. The summed E-state index contributed by atoms with van der Waals surface area (Å²) < 4.78 is 0. The smallest absolute Gasteiger partial charge is 0.232 e. The first-order valence-corrected chi connectivity index (χ1v) is 59.3. The van der Waals surface area contributed by atoms with Gasteiger partial charge in [-0.2, -0.15) is 70.2 Å². The van der Waals surface area contributed by atoms with E-state index in [9.17, 15) is 0 Å². The van der Waals surface area contributed by atoms with E-state index in [1.807, 2.05) is 0 Å². The van der Waals surface area contributed by atoms with Gasteiger partial charge in [0.15, 0.2) is 0 Å². The van der Waals surface area contributed by atoms with E-state index in [1.54, 1.807) is 0 Å². The Morgan fingerprint density at radius 1 is 0.196 bits per heavy atom. The van der Waals surface area contributed by atoms with Crippen molar-refractivity contribution in [1.82, 2.24) is 70.2 Å². The molecule has 3 aromatic rings. The molecule has 0 spiro atoms. The molecule has 0 amide bonds. The molecule has 0 N–H and O–H groups in total. The number of nitrogens with zero attached hydrogens (tertiary/aromatic N) is 23. The van der Waals surface area contributed by atoms with Crippen molar-refractivity contribution in [3.8, 4) is 0 Å². The molecule has 1 atom stereocenters. The summed E-state index contributed by atoms with van der Waals surface area (Å²) in [4.78, 5) is 110. The lowest BCUT2D eigenvalue weighted by Crippen LogP contribution is -2.64.